The number of nitrogens with zero attached hydrogens (tertiary/aromatic N) is 2. The number of carboxylic acid groups (broad SMARTS) is 1. The van der Waals surface area contributed by atoms with Crippen LogP contribution in [-0.2, 0) is 4.79 Å². The van der Waals surface area contributed by atoms with E-state index in [-0.39, 0.29) is 30.2 Å². The van der Waals surface area contributed by atoms with Crippen molar-refractivity contribution in [2.45, 2.75) is 12.5 Å². The molecule has 1 fully saturated rings. The summed E-state index contributed by atoms with van der Waals surface area (Å²) in [5.74, 6) is -0.688. The standard InChI is InChI=1S/C11H11FN2O4/c1-18-10-8(2-6(12)4-13-10)9-3-7(15)5-14(9)11(16)17/h2,4,9H,3,5H2,1H3,(H,16,17). The molecule has 2 rings (SSSR count). The molecule has 1 N–H and O–H groups in total. The molecule has 96 valence electrons. The second-order valence-corrected chi connectivity index (χ2v) is 3.92. The second-order valence-electron chi connectivity index (χ2n) is 3.92. The number of hydrogen-bond donors (Lipinski definition) is 1. The summed E-state index contributed by atoms with van der Waals surface area (Å²) in [6.07, 6.45) is -0.241. The van der Waals surface area contributed by atoms with E-state index in [1.807, 2.05) is 0 Å². The maximum absolute atomic E-state index is 13.2. The molecule has 1 aromatic rings. The van der Waals surface area contributed by atoms with Gasteiger partial charge >= 0.3 is 6.09 Å². The van der Waals surface area contributed by atoms with Gasteiger partial charge in [-0.25, -0.2) is 14.2 Å². The van der Waals surface area contributed by atoms with Crippen LogP contribution >= 0.6 is 0 Å². The van der Waals surface area contributed by atoms with Gasteiger partial charge < -0.3 is 9.84 Å². The number of rotatable bonds is 2. The van der Waals surface area contributed by atoms with E-state index in [0.717, 1.165) is 17.2 Å². The van der Waals surface area contributed by atoms with Gasteiger partial charge in [0.15, 0.2) is 5.78 Å². The molecule has 2 heterocycles. The molecule has 1 saturated heterocycles. The predicted octanol–water partition coefficient (Wildman–Crippen LogP) is 1.22. The van der Waals surface area contributed by atoms with Crippen molar-refractivity contribution in [2.24, 2.45) is 0 Å². The van der Waals surface area contributed by atoms with Crippen LogP contribution in [0, 0.1) is 5.82 Å². The van der Waals surface area contributed by atoms with Crippen molar-refractivity contribution in [3.05, 3.63) is 23.6 Å². The highest BCUT2D eigenvalue weighted by molar-refractivity contribution is 5.88. The number of hydrogen-bond acceptors (Lipinski definition) is 4. The molecule has 1 unspecified atom stereocenters. The first kappa shape index (κ1) is 12.3. The average Bonchev–Trinajstić information content (AvgIpc) is 2.71. The van der Waals surface area contributed by atoms with Crippen LogP contribution in [0.2, 0.25) is 0 Å². The first-order chi connectivity index (χ1) is 8.52. The first-order valence-corrected chi connectivity index (χ1v) is 5.23. The molecular formula is C11H11FN2O4. The SMILES string of the molecule is COc1ncc(F)cc1C1CC(=O)CN1C(=O)O. The lowest BCUT2D eigenvalue weighted by atomic mass is 10.1. The van der Waals surface area contributed by atoms with E-state index in [1.54, 1.807) is 0 Å². The summed E-state index contributed by atoms with van der Waals surface area (Å²) >= 11 is 0. The molecule has 1 atom stereocenters. The van der Waals surface area contributed by atoms with Crippen LogP contribution in [0.15, 0.2) is 12.3 Å². The fourth-order valence-corrected chi connectivity index (χ4v) is 2.02. The third-order valence-electron chi connectivity index (χ3n) is 2.79. The predicted molar refractivity (Wildman–Crippen MR) is 57.8 cm³/mol. The monoisotopic (exact) mass is 254 g/mol. The fraction of sp³-hybridized carbons (Fsp3) is 0.364. The Balaban J connectivity index is 2.43. The third-order valence-corrected chi connectivity index (χ3v) is 2.79. The highest BCUT2D eigenvalue weighted by Crippen LogP contribution is 2.34. The molecule has 1 aliphatic heterocycles. The molecule has 1 aromatic heterocycles. The van der Waals surface area contributed by atoms with Crippen LogP contribution in [0.4, 0.5) is 9.18 Å². The second kappa shape index (κ2) is 4.59. The molecule has 1 aliphatic rings. The maximum atomic E-state index is 13.2. The lowest BCUT2D eigenvalue weighted by Crippen LogP contribution is -2.29. The van der Waals surface area contributed by atoms with Crippen molar-refractivity contribution >= 4 is 11.9 Å². The van der Waals surface area contributed by atoms with Crippen molar-refractivity contribution in [1.29, 1.82) is 0 Å². The summed E-state index contributed by atoms with van der Waals surface area (Å²) in [6.45, 7) is -0.195. The van der Waals surface area contributed by atoms with E-state index in [2.05, 4.69) is 4.98 Å². The summed E-state index contributed by atoms with van der Waals surface area (Å²) in [5.41, 5.74) is 0.269. The van der Waals surface area contributed by atoms with Gasteiger partial charge in [-0.15, -0.1) is 0 Å². The molecule has 7 heteroatoms. The van der Waals surface area contributed by atoms with Crippen molar-refractivity contribution in [2.75, 3.05) is 13.7 Å². The molecule has 1 amide bonds. The van der Waals surface area contributed by atoms with Crippen LogP contribution in [-0.4, -0.2) is 40.5 Å². The molecule has 0 spiro atoms. The Morgan fingerprint density at radius 3 is 3.00 bits per heavy atom. The van der Waals surface area contributed by atoms with E-state index in [1.165, 1.54) is 7.11 Å². The highest BCUT2D eigenvalue weighted by Gasteiger charge is 2.37. The van der Waals surface area contributed by atoms with Crippen LogP contribution in [0.1, 0.15) is 18.0 Å². The lowest BCUT2D eigenvalue weighted by Gasteiger charge is -2.21. The van der Waals surface area contributed by atoms with Crippen LogP contribution < -0.4 is 4.74 Å². The number of aromatic nitrogens is 1. The van der Waals surface area contributed by atoms with Crippen molar-refractivity contribution in [3.63, 3.8) is 0 Å². The van der Waals surface area contributed by atoms with Crippen LogP contribution in [0.3, 0.4) is 0 Å². The quantitative estimate of drug-likeness (QED) is 0.858. The molecular weight excluding hydrogens is 243 g/mol. The Labute approximate surface area is 102 Å². The summed E-state index contributed by atoms with van der Waals surface area (Å²) in [4.78, 5) is 27.1. The molecule has 6 nitrogen and oxygen atoms in total. The Morgan fingerprint density at radius 2 is 2.39 bits per heavy atom. The number of methoxy groups -OCH3 is 1. The molecule has 0 bridgehead atoms. The van der Waals surface area contributed by atoms with Gasteiger partial charge in [-0.1, -0.05) is 0 Å². The van der Waals surface area contributed by atoms with E-state index in [9.17, 15) is 14.0 Å². The van der Waals surface area contributed by atoms with E-state index in [0.29, 0.717) is 0 Å². The zero-order chi connectivity index (χ0) is 13.3. The first-order valence-electron chi connectivity index (χ1n) is 5.23. The van der Waals surface area contributed by atoms with Gasteiger partial charge in [0, 0.05) is 12.0 Å². The van der Waals surface area contributed by atoms with Gasteiger partial charge in [0.25, 0.3) is 0 Å². The maximum Gasteiger partial charge on any atom is 0.408 e. The molecule has 0 radical (unpaired) electrons. The number of amides is 1. The number of carbonyl (C=O) groups is 2. The number of likely N-dealkylation sites (tertiary alicyclic amines) is 1. The summed E-state index contributed by atoms with van der Waals surface area (Å²) < 4.78 is 18.2. The molecule has 18 heavy (non-hydrogen) atoms. The van der Waals surface area contributed by atoms with Gasteiger partial charge in [0.05, 0.1) is 25.9 Å². The van der Waals surface area contributed by atoms with E-state index in [4.69, 9.17) is 9.84 Å². The number of carbonyl (C=O) groups excluding carboxylic acids is 1. The number of ether oxygens (including phenoxy) is 1. The summed E-state index contributed by atoms with van der Waals surface area (Å²) in [5, 5.41) is 9.01. The van der Waals surface area contributed by atoms with Gasteiger partial charge in [-0.2, -0.15) is 0 Å². The lowest BCUT2D eigenvalue weighted by molar-refractivity contribution is -0.116. The minimum absolute atomic E-state index is 0.00773. The topological polar surface area (TPSA) is 79.7 Å². The van der Waals surface area contributed by atoms with Gasteiger partial charge in [0.1, 0.15) is 5.82 Å². The van der Waals surface area contributed by atoms with Crippen molar-refractivity contribution < 1.29 is 23.8 Å². The summed E-state index contributed by atoms with van der Waals surface area (Å²) in [7, 11) is 1.35. The Kier molecular flexibility index (Phi) is 3.14. The molecule has 0 aliphatic carbocycles. The number of pyridine rings is 1. The van der Waals surface area contributed by atoms with Crippen molar-refractivity contribution in [1.82, 2.24) is 9.88 Å². The van der Waals surface area contributed by atoms with Crippen LogP contribution in [0.5, 0.6) is 5.88 Å². The number of ketones is 1. The van der Waals surface area contributed by atoms with E-state index < -0.39 is 18.0 Å². The molecule has 0 saturated carbocycles. The Morgan fingerprint density at radius 1 is 1.67 bits per heavy atom. The minimum atomic E-state index is -1.22. The smallest absolute Gasteiger partial charge is 0.408 e. The Hall–Kier alpha value is -2.18. The zero-order valence-electron chi connectivity index (χ0n) is 9.59. The minimum Gasteiger partial charge on any atom is -0.481 e. The largest absolute Gasteiger partial charge is 0.481 e. The van der Waals surface area contributed by atoms with Gasteiger partial charge in [-0.3, -0.25) is 9.69 Å². The number of halogens is 1. The van der Waals surface area contributed by atoms with E-state index >= 15 is 0 Å². The Bertz CT molecular complexity index is 506. The van der Waals surface area contributed by atoms with Crippen molar-refractivity contribution in [3.8, 4) is 5.88 Å². The number of Topliss-reactive ketones (excluding diaryl/α,β-unsaturated/α-hetero) is 1. The zero-order valence-corrected chi connectivity index (χ0v) is 9.59. The summed E-state index contributed by atoms with van der Waals surface area (Å²) in [6, 6.07) is 0.401. The van der Waals surface area contributed by atoms with Gasteiger partial charge in [0.2, 0.25) is 5.88 Å². The van der Waals surface area contributed by atoms with Crippen LogP contribution in [0.25, 0.3) is 0 Å². The third kappa shape index (κ3) is 2.11. The average molecular weight is 254 g/mol. The highest BCUT2D eigenvalue weighted by atomic mass is 19.1. The van der Waals surface area contributed by atoms with Gasteiger partial charge in [-0.05, 0) is 6.07 Å². The normalized spacial score (nSPS) is 19.1. The molecule has 0 aromatic carbocycles. The fourth-order valence-electron chi connectivity index (χ4n) is 2.02.